The minimum Gasteiger partial charge on any atom is -0.143 e. The average Bonchev–Trinajstić information content (AvgIpc) is 1.69. The van der Waals surface area contributed by atoms with E-state index in [1.807, 2.05) is 30.3 Å². The Bertz CT molecular complexity index is 138. The van der Waals surface area contributed by atoms with Crippen molar-refractivity contribution < 1.29 is 19.5 Å². The monoisotopic (exact) mass is 174 g/mol. The molecule has 0 aromatic heterocycles. The molecule has 1 aromatic rings. The van der Waals surface area contributed by atoms with Crippen LogP contribution in [-0.4, -0.2) is 0 Å². The van der Waals surface area contributed by atoms with E-state index in [0.717, 1.165) is 4.90 Å². The van der Waals surface area contributed by atoms with Crippen LogP contribution in [0.1, 0.15) is 0 Å². The molecule has 0 saturated carbocycles. The van der Waals surface area contributed by atoms with Crippen LogP contribution in [0.3, 0.4) is 0 Å². The van der Waals surface area contributed by atoms with Gasteiger partial charge in [-0.25, -0.2) is 0 Å². The molecule has 0 unspecified atom stereocenters. The maximum atomic E-state index is 4.08. The summed E-state index contributed by atoms with van der Waals surface area (Å²) in [6.07, 6.45) is 0. The van der Waals surface area contributed by atoms with Gasteiger partial charge >= 0.3 is 0 Å². The molecule has 0 spiro atoms. The Morgan fingerprint density at radius 1 is 1.00 bits per heavy atom. The van der Waals surface area contributed by atoms with Gasteiger partial charge in [0.25, 0.3) is 0 Å². The summed E-state index contributed by atoms with van der Waals surface area (Å²) < 4.78 is 0. The van der Waals surface area contributed by atoms with Crippen LogP contribution in [0.25, 0.3) is 0 Å². The third kappa shape index (κ3) is 2.49. The third-order valence-corrected chi connectivity index (χ3v) is 1.05. The molecule has 0 nitrogen and oxygen atoms in total. The fraction of sp³-hybridized carbons (Fsp3) is 0. The van der Waals surface area contributed by atoms with Crippen molar-refractivity contribution in [3.63, 3.8) is 0 Å². The van der Waals surface area contributed by atoms with Crippen molar-refractivity contribution in [1.82, 2.24) is 0 Å². The normalized spacial score (nSPS) is 7.62. The van der Waals surface area contributed by atoms with Gasteiger partial charge in [0.1, 0.15) is 0 Å². The molecule has 0 saturated heterocycles. The zero-order valence-electron chi connectivity index (χ0n) is 4.54. The van der Waals surface area contributed by atoms with Crippen molar-refractivity contribution in [2.24, 2.45) is 0 Å². The maximum absolute atomic E-state index is 4.08. The van der Waals surface area contributed by atoms with E-state index >= 15 is 0 Å². The number of benzene rings is 1. The van der Waals surface area contributed by atoms with E-state index < -0.39 is 0 Å². The van der Waals surface area contributed by atoms with Gasteiger partial charge < -0.3 is 0 Å². The van der Waals surface area contributed by atoms with E-state index in [2.05, 4.69) is 12.6 Å². The van der Waals surface area contributed by atoms with Crippen molar-refractivity contribution in [3.05, 3.63) is 30.3 Å². The fourth-order valence-corrected chi connectivity index (χ4v) is 0.600. The Balaban J connectivity index is 0.000000490. The summed E-state index contributed by atoms with van der Waals surface area (Å²) in [6.45, 7) is 0. The van der Waals surface area contributed by atoms with E-state index in [-0.39, 0.29) is 19.5 Å². The second-order valence-corrected chi connectivity index (χ2v) is 1.85. The molecule has 0 radical (unpaired) electrons. The van der Waals surface area contributed by atoms with Crippen molar-refractivity contribution in [2.45, 2.75) is 4.90 Å². The van der Waals surface area contributed by atoms with Crippen molar-refractivity contribution in [2.75, 3.05) is 0 Å². The molecule has 38 valence electrons. The standard InChI is InChI=1S/C6H6S.Zn/c7-6-4-2-1-3-5-6;/h1-5,7H;. The maximum Gasteiger partial charge on any atom is 0.00399 e. The van der Waals surface area contributed by atoms with E-state index in [0.29, 0.717) is 0 Å². The van der Waals surface area contributed by atoms with Crippen LogP contribution < -0.4 is 0 Å². The molecule has 2 heteroatoms. The second kappa shape index (κ2) is 4.11. The Hall–Kier alpha value is 0.193. The van der Waals surface area contributed by atoms with Crippen LogP contribution in [0.4, 0.5) is 0 Å². The van der Waals surface area contributed by atoms with Crippen LogP contribution >= 0.6 is 12.6 Å². The van der Waals surface area contributed by atoms with Gasteiger partial charge in [0.2, 0.25) is 0 Å². The Labute approximate surface area is 67.5 Å². The second-order valence-electron chi connectivity index (χ2n) is 1.34. The first-order valence-corrected chi connectivity index (χ1v) is 2.58. The number of hydrogen-bond acceptors (Lipinski definition) is 1. The molecule has 0 atom stereocenters. The van der Waals surface area contributed by atoms with Crippen molar-refractivity contribution >= 4 is 12.6 Å². The quantitative estimate of drug-likeness (QED) is 0.452. The molecule has 0 aliphatic heterocycles. The van der Waals surface area contributed by atoms with E-state index in [4.69, 9.17) is 0 Å². The number of thiol groups is 1. The van der Waals surface area contributed by atoms with Gasteiger partial charge in [-0.05, 0) is 12.1 Å². The van der Waals surface area contributed by atoms with Gasteiger partial charge in [0.05, 0.1) is 0 Å². The number of rotatable bonds is 0. The summed E-state index contributed by atoms with van der Waals surface area (Å²) in [5.41, 5.74) is 0. The molecule has 0 aliphatic carbocycles. The number of hydrogen-bond donors (Lipinski definition) is 1. The first-order valence-electron chi connectivity index (χ1n) is 2.13. The topological polar surface area (TPSA) is 0 Å². The molecule has 0 fully saturated rings. The summed E-state index contributed by atoms with van der Waals surface area (Å²) >= 11 is 4.08. The van der Waals surface area contributed by atoms with Gasteiger partial charge in [0, 0.05) is 24.4 Å². The Kier molecular flexibility index (Phi) is 4.21. The van der Waals surface area contributed by atoms with Crippen LogP contribution in [0.2, 0.25) is 0 Å². The Morgan fingerprint density at radius 3 is 1.75 bits per heavy atom. The molecule has 0 bridgehead atoms. The van der Waals surface area contributed by atoms with Gasteiger partial charge in [-0.1, -0.05) is 18.2 Å². The molecule has 0 N–H and O–H groups in total. The summed E-state index contributed by atoms with van der Waals surface area (Å²) in [4.78, 5) is 1.02. The fourth-order valence-electron chi connectivity index (χ4n) is 0.428. The van der Waals surface area contributed by atoms with Crippen molar-refractivity contribution in [1.29, 1.82) is 0 Å². The summed E-state index contributed by atoms with van der Waals surface area (Å²) in [6, 6.07) is 9.79. The zero-order chi connectivity index (χ0) is 5.11. The first kappa shape index (κ1) is 8.19. The van der Waals surface area contributed by atoms with E-state index in [1.165, 1.54) is 0 Å². The van der Waals surface area contributed by atoms with E-state index in [1.54, 1.807) is 0 Å². The smallest absolute Gasteiger partial charge is 0.00399 e. The minimum absolute atomic E-state index is 0. The predicted molar refractivity (Wildman–Crippen MR) is 33.7 cm³/mol. The van der Waals surface area contributed by atoms with Crippen LogP contribution in [0.5, 0.6) is 0 Å². The SMILES string of the molecule is Sc1ccccc1.[Zn]. The summed E-state index contributed by atoms with van der Waals surface area (Å²) in [7, 11) is 0. The molecular weight excluding hydrogens is 170 g/mol. The largest absolute Gasteiger partial charge is 0.143 e. The molecule has 0 heterocycles. The van der Waals surface area contributed by atoms with E-state index in [9.17, 15) is 0 Å². The van der Waals surface area contributed by atoms with Gasteiger partial charge in [-0.2, -0.15) is 0 Å². The van der Waals surface area contributed by atoms with Crippen LogP contribution in [0.15, 0.2) is 35.2 Å². The van der Waals surface area contributed by atoms with Crippen LogP contribution in [0, 0.1) is 0 Å². The molecule has 0 aliphatic rings. The average molecular weight is 176 g/mol. The molecular formula is C6H6SZn. The summed E-state index contributed by atoms with van der Waals surface area (Å²) in [5, 5.41) is 0. The molecule has 1 aromatic carbocycles. The third-order valence-electron chi connectivity index (χ3n) is 0.756. The zero-order valence-corrected chi connectivity index (χ0v) is 8.40. The predicted octanol–water partition coefficient (Wildman–Crippen LogP) is 1.97. The molecule has 1 rings (SSSR count). The molecule has 8 heavy (non-hydrogen) atoms. The minimum atomic E-state index is 0. The van der Waals surface area contributed by atoms with Crippen LogP contribution in [-0.2, 0) is 19.5 Å². The molecule has 0 amide bonds. The van der Waals surface area contributed by atoms with Gasteiger partial charge in [0.15, 0.2) is 0 Å². The summed E-state index contributed by atoms with van der Waals surface area (Å²) in [5.74, 6) is 0. The van der Waals surface area contributed by atoms with Gasteiger partial charge in [-0.15, -0.1) is 12.6 Å². The Morgan fingerprint density at radius 2 is 1.50 bits per heavy atom. The first-order chi connectivity index (χ1) is 3.39. The van der Waals surface area contributed by atoms with Crippen molar-refractivity contribution in [3.8, 4) is 0 Å². The van der Waals surface area contributed by atoms with Gasteiger partial charge in [-0.3, -0.25) is 0 Å².